The second-order valence-electron chi connectivity index (χ2n) is 24.8. The Hall–Kier alpha value is -0.197. The first-order valence-corrected chi connectivity index (χ1v) is 25.6. The van der Waals surface area contributed by atoms with Crippen LogP contribution >= 0.6 is 0 Å². The summed E-state index contributed by atoms with van der Waals surface area (Å²) in [6.07, 6.45) is 2.24. The molecule has 0 bridgehead atoms. The van der Waals surface area contributed by atoms with E-state index in [1.165, 1.54) is 101 Å². The predicted molar refractivity (Wildman–Crippen MR) is 293 cm³/mol. The molecule has 0 spiro atoms. The van der Waals surface area contributed by atoms with Crippen molar-refractivity contribution < 1.29 is 114 Å². The maximum Gasteiger partial charge on any atom is 1.00 e. The molecule has 0 unspecified atom stereocenters. The Kier molecular flexibility index (Phi) is 21.1. The fraction of sp³-hybridized carbons (Fsp3) is 0.567. The second kappa shape index (κ2) is 23.1. The number of para-hydroxylation sites is 2. The third-order valence-corrected chi connectivity index (χ3v) is 16.2. The Morgan fingerprint density at radius 1 is 0.426 bits per heavy atom. The number of quaternary nitrogens is 2. The number of benzene rings is 4. The van der Waals surface area contributed by atoms with Crippen LogP contribution in [0.25, 0.3) is 0 Å². The summed E-state index contributed by atoms with van der Waals surface area (Å²) in [4.78, 5) is 5.46. The summed E-state index contributed by atoms with van der Waals surface area (Å²) in [7, 11) is 0. The van der Waals surface area contributed by atoms with Crippen molar-refractivity contribution in [1.82, 2.24) is 0 Å². The SMILES string of the molecule is Cc1cc(C)c(C)c(B([NH3+])[C]2N(c3c(C(C)C)cccc3C(C)C)C(C)(C)CC2(C)C)c1C.Cc1cc(C)c(C)c(B([NH3+])[C]2N(c3c(C(C)C)cccc3C(C)C)C(C)(C)CC2(C)C)c1C.[K+].[K+]. The molecule has 4 nitrogen and oxygen atoms in total. The Labute approximate surface area is 504 Å². The largest absolute Gasteiger partial charge is 1.00 e. The van der Waals surface area contributed by atoms with E-state index >= 15 is 0 Å². The third-order valence-electron chi connectivity index (χ3n) is 16.2. The van der Waals surface area contributed by atoms with Gasteiger partial charge >= 0.3 is 116 Å². The van der Waals surface area contributed by atoms with Crippen LogP contribution in [0.4, 0.5) is 11.4 Å². The van der Waals surface area contributed by atoms with E-state index in [1.807, 2.05) is 0 Å². The fourth-order valence-corrected chi connectivity index (χ4v) is 13.2. The van der Waals surface area contributed by atoms with Crippen molar-refractivity contribution in [1.29, 1.82) is 0 Å². The van der Waals surface area contributed by atoms with Gasteiger partial charge in [0, 0.05) is 22.5 Å². The van der Waals surface area contributed by atoms with Crippen molar-refractivity contribution in [2.75, 3.05) is 9.80 Å². The van der Waals surface area contributed by atoms with Gasteiger partial charge in [-0.3, -0.25) is 0 Å². The third kappa shape index (κ3) is 12.0. The maximum atomic E-state index is 4.90. The van der Waals surface area contributed by atoms with Crippen LogP contribution < -0.4 is 135 Å². The molecule has 2 aliphatic heterocycles. The van der Waals surface area contributed by atoms with Crippen molar-refractivity contribution >= 4 is 36.0 Å². The van der Waals surface area contributed by atoms with E-state index in [0.717, 1.165) is 12.8 Å². The van der Waals surface area contributed by atoms with Crippen molar-refractivity contribution in [3.63, 3.8) is 0 Å². The van der Waals surface area contributed by atoms with Crippen LogP contribution in [0, 0.1) is 78.1 Å². The van der Waals surface area contributed by atoms with Crippen molar-refractivity contribution in [3.8, 4) is 0 Å². The minimum atomic E-state index is 0. The summed E-state index contributed by atoms with van der Waals surface area (Å²) >= 11 is 0. The molecule has 68 heavy (non-hydrogen) atoms. The van der Waals surface area contributed by atoms with E-state index in [4.69, 9.17) is 11.3 Å². The smallest absolute Gasteiger partial charge is 0.421 e. The molecule has 358 valence electrons. The minimum absolute atomic E-state index is 0. The molecule has 2 aliphatic rings. The van der Waals surface area contributed by atoms with Gasteiger partial charge in [0.15, 0.2) is 0 Å². The summed E-state index contributed by atoms with van der Waals surface area (Å²) in [5.41, 5.74) is 32.5. The Bertz CT molecular complexity index is 2140. The van der Waals surface area contributed by atoms with Crippen molar-refractivity contribution in [3.05, 3.63) is 127 Å². The van der Waals surface area contributed by atoms with Crippen molar-refractivity contribution in [2.24, 2.45) is 10.8 Å². The number of nitrogens with zero attached hydrogens (tertiary/aromatic N) is 2. The van der Waals surface area contributed by atoms with E-state index < -0.39 is 0 Å². The van der Waals surface area contributed by atoms with E-state index in [0.29, 0.717) is 23.7 Å². The van der Waals surface area contributed by atoms with Crippen LogP contribution in [0.15, 0.2) is 48.5 Å². The molecule has 4 aromatic rings. The topological polar surface area (TPSA) is 61.8 Å². The zero-order valence-corrected chi connectivity index (χ0v) is 55.1. The first kappa shape index (κ1) is 62.1. The molecule has 2 fully saturated rings. The van der Waals surface area contributed by atoms with Gasteiger partial charge in [0.2, 0.25) is 0 Å². The quantitative estimate of drug-likeness (QED) is 0.172. The van der Waals surface area contributed by atoms with E-state index in [1.54, 1.807) is 0 Å². The normalized spacial score (nSPS) is 17.4. The van der Waals surface area contributed by atoms with E-state index in [-0.39, 0.29) is 138 Å². The maximum absolute atomic E-state index is 4.90. The van der Waals surface area contributed by atoms with Gasteiger partial charge in [-0.2, -0.15) is 0 Å². The van der Waals surface area contributed by atoms with Gasteiger partial charge in [0.1, 0.15) is 11.9 Å². The Morgan fingerprint density at radius 2 is 0.647 bits per heavy atom. The molecule has 2 heterocycles. The van der Waals surface area contributed by atoms with Crippen LogP contribution in [0.2, 0.25) is 0 Å². The molecule has 6 rings (SSSR count). The molecular weight excluding hydrogens is 877 g/mol. The molecule has 4 aromatic carbocycles. The number of anilines is 2. The standard InChI is InChI=1S/2C30H47BN2.2K/c2*1-18(2)24-14-13-15-25(19(3)4)27(24)33-28(29(9,10)17-30(33,11)12)31(32)26-22(7)20(5)16-21(6)23(26)8;;/h2*13-16,18-19H,17H2,1-12,32H3;;/q4*+1. The second-order valence-corrected chi connectivity index (χ2v) is 24.8. The molecule has 0 aromatic heterocycles. The average molecular weight is 971 g/mol. The Morgan fingerprint density at radius 3 is 0.853 bits per heavy atom. The summed E-state index contributed by atoms with van der Waals surface area (Å²) in [6.45, 7) is 56.4. The Balaban J connectivity index is 0.000000350. The van der Waals surface area contributed by atoms with E-state index in [2.05, 4.69) is 225 Å². The summed E-state index contributed by atoms with van der Waals surface area (Å²) < 4.78 is 0. The number of hydrogen-bond donors (Lipinski definition) is 2. The molecule has 8 heteroatoms. The van der Waals surface area contributed by atoms with Crippen molar-refractivity contribution in [2.45, 2.75) is 214 Å². The summed E-state index contributed by atoms with van der Waals surface area (Å²) in [5, 5.41) is 0. The van der Waals surface area contributed by atoms with Gasteiger partial charge in [-0.25, -0.2) is 0 Å². The number of aryl methyl sites for hydroxylation is 4. The molecule has 2 saturated heterocycles. The molecule has 2 radical (unpaired) electrons. The van der Waals surface area contributed by atoms with Crippen LogP contribution in [-0.4, -0.2) is 24.8 Å². The summed E-state index contributed by atoms with van der Waals surface area (Å²) in [6, 6.07) is 18.5. The number of hydrogen-bond acceptors (Lipinski definition) is 2. The molecule has 0 aliphatic carbocycles. The van der Waals surface area contributed by atoms with Gasteiger partial charge in [0.05, 0.1) is 0 Å². The average Bonchev–Trinajstić information content (AvgIpc) is 3.52. The first-order valence-electron chi connectivity index (χ1n) is 25.6. The predicted octanol–water partition coefficient (Wildman–Crippen LogP) is 6.80. The van der Waals surface area contributed by atoms with Gasteiger partial charge in [-0.1, -0.05) is 132 Å². The zero-order chi connectivity index (χ0) is 50.1. The van der Waals surface area contributed by atoms with Crippen LogP contribution in [0.3, 0.4) is 0 Å². The van der Waals surface area contributed by atoms with Crippen LogP contribution in [0.5, 0.6) is 0 Å². The molecule has 0 amide bonds. The molecule has 6 N–H and O–H groups in total. The molecule has 0 saturated carbocycles. The van der Waals surface area contributed by atoms with Gasteiger partial charge in [0.25, 0.3) is 0 Å². The monoisotopic (exact) mass is 971 g/mol. The fourth-order valence-electron chi connectivity index (χ4n) is 13.2. The van der Waals surface area contributed by atoms with Crippen LogP contribution in [0.1, 0.15) is 214 Å². The van der Waals surface area contributed by atoms with Gasteiger partial charge in [-0.15, -0.1) is 0 Å². The van der Waals surface area contributed by atoms with E-state index in [9.17, 15) is 0 Å². The first-order chi connectivity index (χ1) is 30.2. The zero-order valence-electron chi connectivity index (χ0n) is 48.8. The summed E-state index contributed by atoms with van der Waals surface area (Å²) in [5.74, 6) is 4.80. The molecular formula is C60H94B2K2N4+4. The van der Waals surface area contributed by atoms with Crippen LogP contribution in [-0.2, 0) is 0 Å². The van der Waals surface area contributed by atoms with Gasteiger partial charge < -0.3 is 21.1 Å². The minimum Gasteiger partial charge on any atom is -0.421 e. The molecule has 0 atom stereocenters. The van der Waals surface area contributed by atoms with Gasteiger partial charge in [-0.05, 0) is 208 Å². The number of rotatable bonds is 10.